The summed E-state index contributed by atoms with van der Waals surface area (Å²) in [5, 5.41) is 9.20. The van der Waals surface area contributed by atoms with E-state index in [1.165, 1.54) is 9.80 Å². The Morgan fingerprint density at radius 3 is 2.63 bits per heavy atom. The fourth-order valence-corrected chi connectivity index (χ4v) is 3.66. The first kappa shape index (κ1) is 15.9. The first-order chi connectivity index (χ1) is 8.88. The van der Waals surface area contributed by atoms with Crippen LogP contribution in [0.4, 0.5) is 4.79 Å². The van der Waals surface area contributed by atoms with Crippen molar-refractivity contribution in [1.82, 2.24) is 9.80 Å². The van der Waals surface area contributed by atoms with Gasteiger partial charge in [0.1, 0.15) is 6.04 Å². The predicted octanol–water partition coefficient (Wildman–Crippen LogP) is 2.24. The van der Waals surface area contributed by atoms with Crippen molar-refractivity contribution in [3.8, 4) is 0 Å². The zero-order valence-corrected chi connectivity index (χ0v) is 12.6. The van der Waals surface area contributed by atoms with Crippen LogP contribution in [0.3, 0.4) is 0 Å². The van der Waals surface area contributed by atoms with Gasteiger partial charge in [-0.2, -0.15) is 0 Å². The lowest BCUT2D eigenvalue weighted by atomic mass is 10.2. The van der Waals surface area contributed by atoms with E-state index in [9.17, 15) is 14.7 Å². The molecule has 1 rings (SSSR count). The lowest BCUT2D eigenvalue weighted by molar-refractivity contribution is -0.141. The van der Waals surface area contributed by atoms with Crippen LogP contribution < -0.4 is 0 Å². The van der Waals surface area contributed by atoms with Gasteiger partial charge in [0, 0.05) is 19.3 Å². The maximum absolute atomic E-state index is 12.4. The molecular weight excluding hydrogens is 264 g/mol. The quantitative estimate of drug-likeness (QED) is 0.787. The molecule has 0 bridgehead atoms. The summed E-state index contributed by atoms with van der Waals surface area (Å²) >= 11 is 1.55. The van der Waals surface area contributed by atoms with Gasteiger partial charge in [0.05, 0.1) is 5.37 Å². The molecule has 108 valence electrons. The van der Waals surface area contributed by atoms with Crippen LogP contribution in [0.5, 0.6) is 0 Å². The van der Waals surface area contributed by atoms with E-state index in [0.29, 0.717) is 12.3 Å². The number of rotatable bonds is 5. The number of carbonyl (C=O) groups excluding carboxylic acids is 1. The highest BCUT2D eigenvalue weighted by Gasteiger charge is 2.42. The van der Waals surface area contributed by atoms with Gasteiger partial charge in [-0.25, -0.2) is 9.59 Å². The van der Waals surface area contributed by atoms with E-state index in [4.69, 9.17) is 0 Å². The van der Waals surface area contributed by atoms with Gasteiger partial charge in [-0.05, 0) is 13.3 Å². The van der Waals surface area contributed by atoms with Gasteiger partial charge < -0.3 is 10.0 Å². The van der Waals surface area contributed by atoms with Crippen LogP contribution in [0.2, 0.25) is 0 Å². The van der Waals surface area contributed by atoms with E-state index in [2.05, 4.69) is 6.58 Å². The summed E-state index contributed by atoms with van der Waals surface area (Å²) in [4.78, 5) is 26.7. The second kappa shape index (κ2) is 6.84. The summed E-state index contributed by atoms with van der Waals surface area (Å²) in [6, 6.07) is -0.944. The lowest BCUT2D eigenvalue weighted by Crippen LogP contribution is -2.50. The third-order valence-electron chi connectivity index (χ3n) is 2.97. The number of urea groups is 1. The molecule has 1 aliphatic heterocycles. The Morgan fingerprint density at radius 1 is 1.53 bits per heavy atom. The van der Waals surface area contributed by atoms with Gasteiger partial charge >= 0.3 is 12.0 Å². The molecule has 0 aromatic rings. The molecule has 5 nitrogen and oxygen atoms in total. The molecule has 0 radical (unpaired) electrons. The Balaban J connectivity index is 2.85. The molecule has 6 heteroatoms. The van der Waals surface area contributed by atoms with Crippen molar-refractivity contribution in [3.63, 3.8) is 0 Å². The molecule has 2 amide bonds. The Morgan fingerprint density at radius 2 is 2.16 bits per heavy atom. The number of aliphatic carboxylic acids is 1. The maximum atomic E-state index is 12.4. The standard InChI is InChI=1S/C13H22N2O3S/c1-5-6-11-15(10(8-19-11)12(16)17)13(18)14(4)7-9(2)3/h10-11H,2,5-8H2,1,3-4H3,(H,16,17). The largest absolute Gasteiger partial charge is 0.480 e. The molecule has 2 unspecified atom stereocenters. The molecule has 1 heterocycles. The molecule has 2 atom stereocenters. The van der Waals surface area contributed by atoms with Crippen LogP contribution in [0.25, 0.3) is 0 Å². The molecule has 0 spiro atoms. The molecule has 1 fully saturated rings. The topological polar surface area (TPSA) is 60.9 Å². The van der Waals surface area contributed by atoms with E-state index in [1.54, 1.807) is 18.8 Å². The minimum atomic E-state index is -0.928. The van der Waals surface area contributed by atoms with E-state index in [1.807, 2.05) is 13.8 Å². The first-order valence-corrected chi connectivity index (χ1v) is 7.45. The van der Waals surface area contributed by atoms with E-state index in [-0.39, 0.29) is 11.4 Å². The molecular formula is C13H22N2O3S. The second-order valence-electron chi connectivity index (χ2n) is 4.93. The highest BCUT2D eigenvalue weighted by molar-refractivity contribution is 8.00. The van der Waals surface area contributed by atoms with Gasteiger partial charge in [-0.15, -0.1) is 11.8 Å². The molecule has 0 aromatic heterocycles. The molecule has 0 saturated carbocycles. The van der Waals surface area contributed by atoms with Crippen LogP contribution in [0, 0.1) is 0 Å². The molecule has 0 aliphatic carbocycles. The third-order valence-corrected chi connectivity index (χ3v) is 4.32. The second-order valence-corrected chi connectivity index (χ2v) is 6.14. The Kier molecular flexibility index (Phi) is 5.72. The van der Waals surface area contributed by atoms with Crippen molar-refractivity contribution in [2.45, 2.75) is 38.1 Å². The molecule has 19 heavy (non-hydrogen) atoms. The van der Waals surface area contributed by atoms with Crippen molar-refractivity contribution >= 4 is 23.8 Å². The van der Waals surface area contributed by atoms with Gasteiger partial charge in [0.25, 0.3) is 0 Å². The van der Waals surface area contributed by atoms with E-state index >= 15 is 0 Å². The van der Waals surface area contributed by atoms with Crippen molar-refractivity contribution < 1.29 is 14.7 Å². The number of carboxylic acid groups (broad SMARTS) is 1. The zero-order chi connectivity index (χ0) is 14.6. The van der Waals surface area contributed by atoms with E-state index < -0.39 is 12.0 Å². The molecule has 0 aromatic carbocycles. The summed E-state index contributed by atoms with van der Waals surface area (Å²) in [5.74, 6) is -0.463. The minimum absolute atomic E-state index is 0.0360. The number of hydrogen-bond donors (Lipinski definition) is 1. The Labute approximate surface area is 118 Å². The summed E-state index contributed by atoms with van der Waals surface area (Å²) in [5.41, 5.74) is 0.876. The highest BCUT2D eigenvalue weighted by Crippen LogP contribution is 2.33. The normalized spacial score (nSPS) is 22.4. The molecule has 1 saturated heterocycles. The lowest BCUT2D eigenvalue weighted by Gasteiger charge is -2.31. The highest BCUT2D eigenvalue weighted by atomic mass is 32.2. The van der Waals surface area contributed by atoms with Crippen molar-refractivity contribution in [1.29, 1.82) is 0 Å². The van der Waals surface area contributed by atoms with Gasteiger partial charge in [0.2, 0.25) is 0 Å². The number of nitrogens with zero attached hydrogens (tertiary/aromatic N) is 2. The van der Waals surface area contributed by atoms with Crippen LogP contribution in [0.15, 0.2) is 12.2 Å². The average molecular weight is 286 g/mol. The van der Waals surface area contributed by atoms with Crippen molar-refractivity contribution in [3.05, 3.63) is 12.2 Å². The number of amides is 2. The summed E-state index contributed by atoms with van der Waals surface area (Å²) < 4.78 is 0. The van der Waals surface area contributed by atoms with Gasteiger partial charge in [0.15, 0.2) is 0 Å². The van der Waals surface area contributed by atoms with Crippen molar-refractivity contribution in [2.75, 3.05) is 19.3 Å². The number of carboxylic acids is 1. The summed E-state index contributed by atoms with van der Waals surface area (Å²) in [6.07, 6.45) is 1.75. The molecule has 1 aliphatic rings. The fraction of sp³-hybridized carbons (Fsp3) is 0.692. The van der Waals surface area contributed by atoms with Crippen LogP contribution >= 0.6 is 11.8 Å². The van der Waals surface area contributed by atoms with Crippen LogP contribution in [0.1, 0.15) is 26.7 Å². The number of carbonyl (C=O) groups is 2. The Bertz CT molecular complexity index is 373. The number of hydrogen-bond acceptors (Lipinski definition) is 3. The maximum Gasteiger partial charge on any atom is 0.327 e. The van der Waals surface area contributed by atoms with Crippen LogP contribution in [-0.2, 0) is 4.79 Å². The summed E-state index contributed by atoms with van der Waals surface area (Å²) in [7, 11) is 1.68. The van der Waals surface area contributed by atoms with Gasteiger partial charge in [-0.1, -0.05) is 25.5 Å². The SMILES string of the molecule is C=C(C)CN(C)C(=O)N1C(CCC)SCC1C(=O)O. The predicted molar refractivity (Wildman–Crippen MR) is 77.3 cm³/mol. The summed E-state index contributed by atoms with van der Waals surface area (Å²) in [6.45, 7) is 8.11. The van der Waals surface area contributed by atoms with Crippen molar-refractivity contribution in [2.24, 2.45) is 0 Å². The average Bonchev–Trinajstić information content (AvgIpc) is 2.71. The number of likely N-dealkylation sites (N-methyl/N-ethyl adjacent to an activating group) is 1. The molecule has 1 N–H and O–H groups in total. The zero-order valence-electron chi connectivity index (χ0n) is 11.8. The fourth-order valence-electron chi connectivity index (χ4n) is 2.15. The van der Waals surface area contributed by atoms with E-state index in [0.717, 1.165) is 18.4 Å². The van der Waals surface area contributed by atoms with Crippen LogP contribution in [-0.4, -0.2) is 57.7 Å². The first-order valence-electron chi connectivity index (χ1n) is 6.40. The number of thioether (sulfide) groups is 1. The third kappa shape index (κ3) is 3.89. The van der Waals surface area contributed by atoms with Gasteiger partial charge in [-0.3, -0.25) is 4.90 Å². The Hall–Kier alpha value is -1.17. The minimum Gasteiger partial charge on any atom is -0.480 e. The monoisotopic (exact) mass is 286 g/mol. The smallest absolute Gasteiger partial charge is 0.327 e.